The molecule has 2 unspecified atom stereocenters. The highest BCUT2D eigenvalue weighted by Crippen LogP contribution is 2.29. The second kappa shape index (κ2) is 11.1. The molecule has 2 aromatic carbocycles. The molecule has 0 radical (unpaired) electrons. The number of likely N-dealkylation sites (tertiary alicyclic amines) is 1. The Labute approximate surface area is 201 Å². The lowest BCUT2D eigenvalue weighted by molar-refractivity contribution is -0.192. The summed E-state index contributed by atoms with van der Waals surface area (Å²) in [4.78, 5) is 26.4. The maximum atomic E-state index is 12.3. The molecule has 6 nitrogen and oxygen atoms in total. The molecule has 4 rings (SSSR count). The van der Waals surface area contributed by atoms with Gasteiger partial charge < -0.3 is 15.3 Å². The number of nitrogens with one attached hydrogen (secondary N) is 1. The number of amides is 1. The molecular formula is C24H27ClF3N3O3. The van der Waals surface area contributed by atoms with Gasteiger partial charge in [-0.05, 0) is 81.3 Å². The van der Waals surface area contributed by atoms with Gasteiger partial charge in [0, 0.05) is 47.1 Å². The molecule has 0 saturated carbocycles. The molecule has 2 aromatic rings. The van der Waals surface area contributed by atoms with Gasteiger partial charge in [-0.25, -0.2) is 4.79 Å². The van der Waals surface area contributed by atoms with Crippen molar-refractivity contribution in [2.45, 2.75) is 44.4 Å². The zero-order valence-electron chi connectivity index (χ0n) is 18.7. The fourth-order valence-corrected chi connectivity index (χ4v) is 4.43. The van der Waals surface area contributed by atoms with Gasteiger partial charge in [0.1, 0.15) is 0 Å². The molecule has 1 amide bonds. The van der Waals surface area contributed by atoms with Gasteiger partial charge in [0.05, 0.1) is 0 Å². The molecule has 184 valence electrons. The molecule has 2 N–H and O–H groups in total. The Hall–Kier alpha value is -2.78. The van der Waals surface area contributed by atoms with Gasteiger partial charge in [0.15, 0.2) is 0 Å². The Kier molecular flexibility index (Phi) is 8.43. The van der Waals surface area contributed by atoms with Crippen LogP contribution in [0, 0.1) is 0 Å². The van der Waals surface area contributed by atoms with E-state index in [9.17, 15) is 18.0 Å². The van der Waals surface area contributed by atoms with Crippen LogP contribution in [0.5, 0.6) is 0 Å². The maximum Gasteiger partial charge on any atom is 0.490 e. The number of aliphatic carboxylic acids is 1. The van der Waals surface area contributed by atoms with E-state index in [2.05, 4.69) is 34.2 Å². The lowest BCUT2D eigenvalue weighted by Gasteiger charge is -2.28. The van der Waals surface area contributed by atoms with Crippen LogP contribution in [0.4, 0.5) is 24.5 Å². The Morgan fingerprint density at radius 3 is 2.18 bits per heavy atom. The number of alkyl halides is 3. The number of hydrogen-bond donors (Lipinski definition) is 2. The summed E-state index contributed by atoms with van der Waals surface area (Å²) in [7, 11) is 0. The summed E-state index contributed by atoms with van der Waals surface area (Å²) in [6.07, 6.45) is -1.18. The molecular weight excluding hydrogens is 471 g/mol. The second-order valence-electron chi connectivity index (χ2n) is 8.43. The lowest BCUT2D eigenvalue weighted by Crippen LogP contribution is -2.39. The van der Waals surface area contributed by atoms with Crippen LogP contribution < -0.4 is 10.2 Å². The van der Waals surface area contributed by atoms with Crippen LogP contribution in [0.2, 0.25) is 5.02 Å². The average Bonchev–Trinajstić information content (AvgIpc) is 3.43. The van der Waals surface area contributed by atoms with Gasteiger partial charge in [-0.3, -0.25) is 9.69 Å². The summed E-state index contributed by atoms with van der Waals surface area (Å²) in [5, 5.41) is 10.7. The summed E-state index contributed by atoms with van der Waals surface area (Å²) < 4.78 is 31.7. The number of carboxylic acid groups (broad SMARTS) is 1. The quantitative estimate of drug-likeness (QED) is 0.600. The molecule has 34 heavy (non-hydrogen) atoms. The maximum absolute atomic E-state index is 12.3. The van der Waals surface area contributed by atoms with Crippen LogP contribution in [0.25, 0.3) is 0 Å². The molecule has 2 aliphatic heterocycles. The molecule has 2 saturated heterocycles. The van der Waals surface area contributed by atoms with Gasteiger partial charge in [-0.1, -0.05) is 11.6 Å². The van der Waals surface area contributed by atoms with E-state index < -0.39 is 12.1 Å². The van der Waals surface area contributed by atoms with Crippen LogP contribution in [-0.4, -0.2) is 59.8 Å². The molecule has 10 heteroatoms. The van der Waals surface area contributed by atoms with E-state index in [1.54, 1.807) is 24.3 Å². The fraction of sp³-hybridized carbons (Fsp3) is 0.417. The minimum absolute atomic E-state index is 0.122. The van der Waals surface area contributed by atoms with Crippen molar-refractivity contribution >= 4 is 34.9 Å². The third-order valence-corrected chi connectivity index (χ3v) is 6.33. The molecule has 0 spiro atoms. The second-order valence-corrected chi connectivity index (χ2v) is 8.86. The van der Waals surface area contributed by atoms with Gasteiger partial charge in [-0.15, -0.1) is 0 Å². The van der Waals surface area contributed by atoms with Crippen molar-refractivity contribution in [3.8, 4) is 0 Å². The van der Waals surface area contributed by atoms with Crippen LogP contribution in [-0.2, 0) is 4.79 Å². The molecule has 0 aromatic heterocycles. The van der Waals surface area contributed by atoms with E-state index >= 15 is 0 Å². The van der Waals surface area contributed by atoms with E-state index in [1.807, 2.05) is 12.1 Å². The zero-order valence-corrected chi connectivity index (χ0v) is 19.4. The Morgan fingerprint density at radius 2 is 1.65 bits per heavy atom. The molecule has 2 heterocycles. The van der Waals surface area contributed by atoms with Crippen LogP contribution in [0.15, 0.2) is 48.5 Å². The number of benzene rings is 2. The standard InChI is InChI=1S/C22H26ClN3O.C2HF3O2/c1-16-3-2-13-26(16)21-12-14-25(15-21)20-10-8-19(9-11-20)24-22(27)17-4-6-18(23)7-5-17;3-2(4,5)1(6)7/h4-11,16,21H,2-3,12-15H2,1H3,(H,24,27);(H,6,7). The van der Waals surface area contributed by atoms with Crippen molar-refractivity contribution < 1.29 is 27.9 Å². The Bertz CT molecular complexity index is 984. The van der Waals surface area contributed by atoms with Crippen molar-refractivity contribution in [2.24, 2.45) is 0 Å². The predicted molar refractivity (Wildman–Crippen MR) is 126 cm³/mol. The van der Waals surface area contributed by atoms with Crippen molar-refractivity contribution in [1.29, 1.82) is 0 Å². The van der Waals surface area contributed by atoms with E-state index in [0.717, 1.165) is 24.8 Å². The van der Waals surface area contributed by atoms with Gasteiger partial charge in [-0.2, -0.15) is 13.2 Å². The minimum Gasteiger partial charge on any atom is -0.475 e. The summed E-state index contributed by atoms with van der Waals surface area (Å²) in [6.45, 7) is 5.80. The number of carboxylic acids is 1. The number of hydrogen-bond acceptors (Lipinski definition) is 4. The summed E-state index contributed by atoms with van der Waals surface area (Å²) in [5.41, 5.74) is 2.64. The van der Waals surface area contributed by atoms with Crippen molar-refractivity contribution in [3.05, 3.63) is 59.1 Å². The topological polar surface area (TPSA) is 72.9 Å². The molecule has 2 atom stereocenters. The van der Waals surface area contributed by atoms with E-state index in [0.29, 0.717) is 16.6 Å². The van der Waals surface area contributed by atoms with Gasteiger partial charge in [0.2, 0.25) is 0 Å². The predicted octanol–water partition coefficient (Wildman–Crippen LogP) is 5.29. The van der Waals surface area contributed by atoms with Gasteiger partial charge >= 0.3 is 12.1 Å². The van der Waals surface area contributed by atoms with Crippen molar-refractivity contribution in [2.75, 3.05) is 29.9 Å². The third-order valence-electron chi connectivity index (χ3n) is 6.08. The molecule has 0 bridgehead atoms. The summed E-state index contributed by atoms with van der Waals surface area (Å²) in [6, 6.07) is 16.5. The van der Waals surface area contributed by atoms with Crippen LogP contribution >= 0.6 is 11.6 Å². The monoisotopic (exact) mass is 497 g/mol. The summed E-state index contributed by atoms with van der Waals surface area (Å²) in [5.74, 6) is -2.88. The van der Waals surface area contributed by atoms with E-state index in [-0.39, 0.29) is 5.91 Å². The van der Waals surface area contributed by atoms with E-state index in [4.69, 9.17) is 21.5 Å². The first-order chi connectivity index (χ1) is 16.0. The Balaban J connectivity index is 0.000000406. The lowest BCUT2D eigenvalue weighted by atomic mass is 10.2. The normalized spacial score (nSPS) is 20.6. The molecule has 0 aliphatic carbocycles. The van der Waals surface area contributed by atoms with Crippen molar-refractivity contribution in [1.82, 2.24) is 4.90 Å². The summed E-state index contributed by atoms with van der Waals surface area (Å²) >= 11 is 5.88. The van der Waals surface area contributed by atoms with Crippen LogP contribution in [0.3, 0.4) is 0 Å². The highest BCUT2D eigenvalue weighted by atomic mass is 35.5. The SMILES string of the molecule is CC1CCCN1C1CCN(c2ccc(NC(=O)c3ccc(Cl)cc3)cc2)C1.O=C(O)C(F)(F)F. The van der Waals surface area contributed by atoms with Crippen LogP contribution in [0.1, 0.15) is 36.5 Å². The first-order valence-electron chi connectivity index (χ1n) is 11.0. The number of carbonyl (C=O) groups excluding carboxylic acids is 1. The third kappa shape index (κ3) is 6.87. The number of carbonyl (C=O) groups is 2. The molecule has 2 aliphatic rings. The highest BCUT2D eigenvalue weighted by Gasteiger charge is 2.38. The average molecular weight is 498 g/mol. The zero-order chi connectivity index (χ0) is 24.9. The Morgan fingerprint density at radius 1 is 1.03 bits per heavy atom. The number of anilines is 2. The smallest absolute Gasteiger partial charge is 0.475 e. The molecule has 2 fully saturated rings. The largest absolute Gasteiger partial charge is 0.490 e. The highest BCUT2D eigenvalue weighted by molar-refractivity contribution is 6.30. The van der Waals surface area contributed by atoms with Crippen molar-refractivity contribution in [3.63, 3.8) is 0 Å². The first kappa shape index (κ1) is 25.8. The van der Waals surface area contributed by atoms with E-state index in [1.165, 1.54) is 31.5 Å². The number of nitrogens with zero attached hydrogens (tertiary/aromatic N) is 2. The fourth-order valence-electron chi connectivity index (χ4n) is 4.31. The first-order valence-corrected chi connectivity index (χ1v) is 11.4. The minimum atomic E-state index is -5.08. The number of halogens is 4. The number of rotatable bonds is 4. The van der Waals surface area contributed by atoms with Gasteiger partial charge in [0.25, 0.3) is 5.91 Å².